The van der Waals surface area contributed by atoms with Crippen LogP contribution >= 0.6 is 0 Å². The summed E-state index contributed by atoms with van der Waals surface area (Å²) in [7, 11) is -3.31. The van der Waals surface area contributed by atoms with Gasteiger partial charge in [0.15, 0.2) is 0 Å². The molecule has 23 heavy (non-hydrogen) atoms. The van der Waals surface area contributed by atoms with E-state index in [-0.39, 0.29) is 12.1 Å². The lowest BCUT2D eigenvalue weighted by atomic mass is 10.1. The molecule has 0 radical (unpaired) electrons. The molecule has 1 unspecified atom stereocenters. The van der Waals surface area contributed by atoms with Crippen molar-refractivity contribution in [2.45, 2.75) is 45.6 Å². The van der Waals surface area contributed by atoms with Crippen LogP contribution in [0.5, 0.6) is 0 Å². The maximum absolute atomic E-state index is 11.8. The minimum absolute atomic E-state index is 0.213. The molecule has 1 aromatic rings. The minimum atomic E-state index is -3.31. The number of carbonyl (C=O) groups excluding carboxylic acids is 1. The van der Waals surface area contributed by atoms with Gasteiger partial charge in [0.25, 0.3) is 0 Å². The highest BCUT2D eigenvalue weighted by atomic mass is 32.2. The first kappa shape index (κ1) is 19.3. The summed E-state index contributed by atoms with van der Waals surface area (Å²) >= 11 is 0. The van der Waals surface area contributed by atoms with E-state index in [0.29, 0.717) is 12.2 Å². The predicted octanol–water partition coefficient (Wildman–Crippen LogP) is 3.00. The number of nitrogens with one attached hydrogen (secondary N) is 3. The van der Waals surface area contributed by atoms with E-state index in [1.807, 2.05) is 13.0 Å². The van der Waals surface area contributed by atoms with E-state index >= 15 is 0 Å². The number of sulfonamides is 1. The molecule has 0 fully saturated rings. The van der Waals surface area contributed by atoms with Gasteiger partial charge in [-0.3, -0.25) is 4.72 Å². The Hall–Kier alpha value is -1.76. The van der Waals surface area contributed by atoms with Crippen LogP contribution in [0.2, 0.25) is 0 Å². The molecule has 0 saturated carbocycles. The van der Waals surface area contributed by atoms with Crippen LogP contribution in [0.15, 0.2) is 24.3 Å². The third-order valence-electron chi connectivity index (χ3n) is 3.35. The minimum Gasteiger partial charge on any atom is -0.338 e. The highest BCUT2D eigenvalue weighted by Gasteiger charge is 2.10. The monoisotopic (exact) mass is 341 g/mol. The number of benzene rings is 1. The average molecular weight is 341 g/mol. The Morgan fingerprint density at radius 3 is 2.61 bits per heavy atom. The molecule has 0 aliphatic heterocycles. The number of anilines is 1. The first-order valence-electron chi connectivity index (χ1n) is 7.94. The van der Waals surface area contributed by atoms with Crippen LogP contribution < -0.4 is 15.4 Å². The lowest BCUT2D eigenvalue weighted by molar-refractivity contribution is 0.237. The van der Waals surface area contributed by atoms with Gasteiger partial charge in [-0.2, -0.15) is 0 Å². The van der Waals surface area contributed by atoms with E-state index in [1.54, 1.807) is 18.2 Å². The van der Waals surface area contributed by atoms with Crippen molar-refractivity contribution in [1.29, 1.82) is 0 Å². The van der Waals surface area contributed by atoms with Gasteiger partial charge in [-0.15, -0.1) is 0 Å². The number of rotatable bonds is 9. The van der Waals surface area contributed by atoms with Crippen molar-refractivity contribution in [3.05, 3.63) is 29.8 Å². The Labute approximate surface area is 139 Å². The Kier molecular flexibility index (Phi) is 7.88. The van der Waals surface area contributed by atoms with Gasteiger partial charge in [0.2, 0.25) is 10.0 Å². The van der Waals surface area contributed by atoms with Crippen molar-refractivity contribution in [2.75, 3.05) is 17.5 Å². The van der Waals surface area contributed by atoms with E-state index in [0.717, 1.165) is 24.7 Å². The number of urea groups is 1. The van der Waals surface area contributed by atoms with Crippen LogP contribution in [0, 0.1) is 0 Å². The lowest BCUT2D eigenvalue weighted by Gasteiger charge is -2.16. The Morgan fingerprint density at radius 2 is 1.96 bits per heavy atom. The molecule has 6 nitrogen and oxygen atoms in total. The fourth-order valence-corrected chi connectivity index (χ4v) is 2.73. The van der Waals surface area contributed by atoms with Crippen molar-refractivity contribution in [3.8, 4) is 0 Å². The summed E-state index contributed by atoms with van der Waals surface area (Å²) in [5.74, 6) is 0. The van der Waals surface area contributed by atoms with Crippen molar-refractivity contribution in [1.82, 2.24) is 10.6 Å². The van der Waals surface area contributed by atoms with Crippen molar-refractivity contribution in [3.63, 3.8) is 0 Å². The summed E-state index contributed by atoms with van der Waals surface area (Å²) in [6, 6.07) is 6.56. The summed E-state index contributed by atoms with van der Waals surface area (Å²) < 4.78 is 25.0. The fourth-order valence-electron chi connectivity index (χ4n) is 2.17. The van der Waals surface area contributed by atoms with Gasteiger partial charge in [0.1, 0.15) is 0 Å². The van der Waals surface area contributed by atoms with Crippen LogP contribution in [-0.2, 0) is 10.0 Å². The summed E-state index contributed by atoms with van der Waals surface area (Å²) in [6.07, 6.45) is 5.54. The molecule has 0 saturated heterocycles. The Balaban J connectivity index is 2.49. The SMILES string of the molecule is CCCCCCNC(=O)NC(C)c1cccc(NS(C)(=O)=O)c1. The van der Waals surface area contributed by atoms with E-state index in [9.17, 15) is 13.2 Å². The van der Waals surface area contributed by atoms with Crippen LogP contribution in [0.25, 0.3) is 0 Å². The highest BCUT2D eigenvalue weighted by Crippen LogP contribution is 2.18. The molecular weight excluding hydrogens is 314 g/mol. The zero-order valence-electron chi connectivity index (χ0n) is 14.1. The van der Waals surface area contributed by atoms with E-state index in [2.05, 4.69) is 22.3 Å². The first-order chi connectivity index (χ1) is 10.8. The van der Waals surface area contributed by atoms with Gasteiger partial charge in [-0.05, 0) is 31.0 Å². The lowest BCUT2D eigenvalue weighted by Crippen LogP contribution is -2.37. The predicted molar refractivity (Wildman–Crippen MR) is 94.0 cm³/mol. The second-order valence-electron chi connectivity index (χ2n) is 5.68. The van der Waals surface area contributed by atoms with E-state index in [4.69, 9.17) is 0 Å². The molecule has 7 heteroatoms. The van der Waals surface area contributed by atoms with Gasteiger partial charge in [-0.1, -0.05) is 38.3 Å². The largest absolute Gasteiger partial charge is 0.338 e. The molecule has 1 atom stereocenters. The standard InChI is InChI=1S/C16H27N3O3S/c1-4-5-6-7-11-17-16(20)18-13(2)14-9-8-10-15(12-14)19-23(3,21)22/h8-10,12-13,19H,4-7,11H2,1-3H3,(H2,17,18,20). The smallest absolute Gasteiger partial charge is 0.315 e. The summed E-state index contributed by atoms with van der Waals surface area (Å²) in [6.45, 7) is 4.67. The third-order valence-corrected chi connectivity index (χ3v) is 3.96. The highest BCUT2D eigenvalue weighted by molar-refractivity contribution is 7.92. The average Bonchev–Trinajstić information content (AvgIpc) is 2.45. The maximum atomic E-state index is 11.8. The maximum Gasteiger partial charge on any atom is 0.315 e. The molecule has 2 amide bonds. The number of amides is 2. The molecule has 1 aromatic carbocycles. The van der Waals surface area contributed by atoms with Crippen LogP contribution in [-0.4, -0.2) is 27.2 Å². The van der Waals surface area contributed by atoms with Crippen molar-refractivity contribution >= 4 is 21.7 Å². The Bertz CT molecular complexity index is 602. The summed E-state index contributed by atoms with van der Waals surface area (Å²) in [5, 5.41) is 5.68. The molecular formula is C16H27N3O3S. The fraction of sp³-hybridized carbons (Fsp3) is 0.562. The van der Waals surface area contributed by atoms with Crippen LogP contribution in [0.4, 0.5) is 10.5 Å². The summed E-state index contributed by atoms with van der Waals surface area (Å²) in [4.78, 5) is 11.8. The molecule has 0 aliphatic carbocycles. The van der Waals surface area contributed by atoms with Crippen LogP contribution in [0.1, 0.15) is 51.1 Å². The molecule has 0 aliphatic rings. The molecule has 0 aromatic heterocycles. The third kappa shape index (κ3) is 8.44. The number of hydrogen-bond acceptors (Lipinski definition) is 3. The van der Waals surface area contributed by atoms with Gasteiger partial charge >= 0.3 is 6.03 Å². The second kappa shape index (κ2) is 9.39. The zero-order chi connectivity index (χ0) is 17.3. The van der Waals surface area contributed by atoms with Gasteiger partial charge in [0.05, 0.1) is 12.3 Å². The second-order valence-corrected chi connectivity index (χ2v) is 7.43. The number of carbonyl (C=O) groups is 1. The normalized spacial score (nSPS) is 12.5. The molecule has 130 valence electrons. The van der Waals surface area contributed by atoms with Crippen molar-refractivity contribution in [2.24, 2.45) is 0 Å². The van der Waals surface area contributed by atoms with Gasteiger partial charge in [0, 0.05) is 12.2 Å². The van der Waals surface area contributed by atoms with E-state index < -0.39 is 10.0 Å². The number of hydrogen-bond donors (Lipinski definition) is 3. The van der Waals surface area contributed by atoms with Crippen LogP contribution in [0.3, 0.4) is 0 Å². The van der Waals surface area contributed by atoms with Crippen molar-refractivity contribution < 1.29 is 13.2 Å². The topological polar surface area (TPSA) is 87.3 Å². The van der Waals surface area contributed by atoms with Gasteiger partial charge in [-0.25, -0.2) is 13.2 Å². The number of unbranched alkanes of at least 4 members (excludes halogenated alkanes) is 3. The van der Waals surface area contributed by atoms with Gasteiger partial charge < -0.3 is 10.6 Å². The quantitative estimate of drug-likeness (QED) is 0.603. The Morgan fingerprint density at radius 1 is 1.22 bits per heavy atom. The summed E-state index contributed by atoms with van der Waals surface area (Å²) in [5.41, 5.74) is 1.32. The first-order valence-corrected chi connectivity index (χ1v) is 9.83. The molecule has 0 bridgehead atoms. The zero-order valence-corrected chi connectivity index (χ0v) is 14.9. The molecule has 0 heterocycles. The molecule has 3 N–H and O–H groups in total. The van der Waals surface area contributed by atoms with E-state index in [1.165, 1.54) is 12.8 Å². The molecule has 0 spiro atoms. The molecule has 1 rings (SSSR count).